The zero-order valence-electron chi connectivity index (χ0n) is 14.4. The van der Waals surface area contributed by atoms with E-state index in [1.807, 2.05) is 0 Å². The van der Waals surface area contributed by atoms with E-state index >= 15 is 0 Å². The summed E-state index contributed by atoms with van der Waals surface area (Å²) in [5.74, 6) is 3.58. The smallest absolute Gasteiger partial charge is 0.118 e. The van der Waals surface area contributed by atoms with E-state index in [4.69, 9.17) is 4.42 Å². The Kier molecular flexibility index (Phi) is 5.88. The molecule has 1 saturated heterocycles. The van der Waals surface area contributed by atoms with Gasteiger partial charge in [0.15, 0.2) is 0 Å². The first-order valence-corrected chi connectivity index (χ1v) is 8.50. The van der Waals surface area contributed by atoms with Crippen LogP contribution in [0.5, 0.6) is 0 Å². The Morgan fingerprint density at radius 2 is 2.10 bits per heavy atom. The van der Waals surface area contributed by atoms with Gasteiger partial charge < -0.3 is 9.73 Å². The Morgan fingerprint density at radius 3 is 2.76 bits per heavy atom. The third kappa shape index (κ3) is 4.58. The van der Waals surface area contributed by atoms with Crippen LogP contribution in [0, 0.1) is 18.8 Å². The van der Waals surface area contributed by atoms with Crippen molar-refractivity contribution in [3.63, 3.8) is 0 Å². The van der Waals surface area contributed by atoms with E-state index in [-0.39, 0.29) is 0 Å². The zero-order valence-corrected chi connectivity index (χ0v) is 14.4. The van der Waals surface area contributed by atoms with E-state index in [2.05, 4.69) is 50.9 Å². The highest BCUT2D eigenvalue weighted by atomic mass is 16.3. The fourth-order valence-electron chi connectivity index (χ4n) is 3.34. The van der Waals surface area contributed by atoms with Crippen molar-refractivity contribution < 1.29 is 4.42 Å². The number of nitrogens with one attached hydrogen (secondary N) is 1. The van der Waals surface area contributed by atoms with Crippen LogP contribution in [0.3, 0.4) is 0 Å². The Bertz CT molecular complexity index is 436. The molecule has 1 fully saturated rings. The van der Waals surface area contributed by atoms with Crippen molar-refractivity contribution >= 4 is 0 Å². The summed E-state index contributed by atoms with van der Waals surface area (Å²) in [6, 6.07) is 2.99. The number of aryl methyl sites for hydroxylation is 1. The molecule has 1 aliphatic heterocycles. The topological polar surface area (TPSA) is 28.4 Å². The highest BCUT2D eigenvalue weighted by Gasteiger charge is 2.27. The van der Waals surface area contributed by atoms with Gasteiger partial charge in [-0.2, -0.15) is 0 Å². The number of likely N-dealkylation sites (tertiary alicyclic amines) is 1. The maximum absolute atomic E-state index is 5.91. The molecule has 21 heavy (non-hydrogen) atoms. The Labute approximate surface area is 130 Å². The minimum Gasteiger partial charge on any atom is -0.465 e. The van der Waals surface area contributed by atoms with Crippen molar-refractivity contribution in [2.45, 2.75) is 66.6 Å². The van der Waals surface area contributed by atoms with E-state index in [1.165, 1.54) is 24.9 Å². The number of furan rings is 1. The lowest BCUT2D eigenvalue weighted by atomic mass is 10.0. The van der Waals surface area contributed by atoms with Crippen LogP contribution in [0.25, 0.3) is 0 Å². The van der Waals surface area contributed by atoms with Crippen LogP contribution in [0.4, 0.5) is 0 Å². The van der Waals surface area contributed by atoms with E-state index in [0.29, 0.717) is 5.92 Å². The standard InChI is InChI=1S/C18H32N2O/c1-13(2)10-19-11-17-9-16(15(5)21-17)12-20-8-6-7-18(20)14(3)4/h9,13-14,18-19H,6-8,10-12H2,1-5H3. The molecule has 1 aromatic rings. The summed E-state index contributed by atoms with van der Waals surface area (Å²) in [4.78, 5) is 2.63. The number of rotatable bonds is 7. The quantitative estimate of drug-likeness (QED) is 0.824. The molecule has 1 unspecified atom stereocenters. The number of hydrogen-bond donors (Lipinski definition) is 1. The molecule has 1 aromatic heterocycles. The normalized spacial score (nSPS) is 20.0. The second-order valence-electron chi connectivity index (χ2n) is 7.24. The molecule has 3 nitrogen and oxygen atoms in total. The van der Waals surface area contributed by atoms with Gasteiger partial charge in [0.2, 0.25) is 0 Å². The fourth-order valence-corrected chi connectivity index (χ4v) is 3.34. The van der Waals surface area contributed by atoms with Crippen LogP contribution in [0.1, 0.15) is 57.6 Å². The summed E-state index contributed by atoms with van der Waals surface area (Å²) in [5.41, 5.74) is 1.36. The highest BCUT2D eigenvalue weighted by Crippen LogP contribution is 2.27. The lowest BCUT2D eigenvalue weighted by molar-refractivity contribution is 0.198. The molecule has 1 aliphatic rings. The molecular formula is C18H32N2O. The number of hydrogen-bond acceptors (Lipinski definition) is 3. The molecule has 0 spiro atoms. The Hall–Kier alpha value is -0.800. The van der Waals surface area contributed by atoms with Crippen LogP contribution >= 0.6 is 0 Å². The molecule has 0 amide bonds. The SMILES string of the molecule is Cc1oc(CNCC(C)C)cc1CN1CCCC1C(C)C. The summed E-state index contributed by atoms with van der Waals surface area (Å²) >= 11 is 0. The van der Waals surface area contributed by atoms with Gasteiger partial charge in [-0.05, 0) is 50.8 Å². The molecule has 0 saturated carbocycles. The molecule has 0 bridgehead atoms. The number of nitrogens with zero attached hydrogens (tertiary/aromatic N) is 1. The largest absolute Gasteiger partial charge is 0.465 e. The third-order valence-electron chi connectivity index (χ3n) is 4.48. The Balaban J connectivity index is 1.93. The van der Waals surface area contributed by atoms with Crippen LogP contribution in [-0.4, -0.2) is 24.0 Å². The van der Waals surface area contributed by atoms with Crippen molar-refractivity contribution in [3.8, 4) is 0 Å². The van der Waals surface area contributed by atoms with Gasteiger partial charge >= 0.3 is 0 Å². The lowest BCUT2D eigenvalue weighted by Crippen LogP contribution is -2.32. The summed E-state index contributed by atoms with van der Waals surface area (Å²) in [5, 5.41) is 3.45. The van der Waals surface area contributed by atoms with Gasteiger partial charge in [-0.25, -0.2) is 0 Å². The first-order chi connectivity index (χ1) is 9.97. The summed E-state index contributed by atoms with van der Waals surface area (Å²) in [7, 11) is 0. The van der Waals surface area contributed by atoms with E-state index < -0.39 is 0 Å². The minimum atomic E-state index is 0.678. The first-order valence-electron chi connectivity index (χ1n) is 8.50. The maximum Gasteiger partial charge on any atom is 0.118 e. The van der Waals surface area contributed by atoms with Gasteiger partial charge in [0.25, 0.3) is 0 Å². The van der Waals surface area contributed by atoms with E-state index in [0.717, 1.165) is 43.1 Å². The molecule has 2 rings (SSSR count). The molecule has 3 heteroatoms. The fraction of sp³-hybridized carbons (Fsp3) is 0.778. The predicted molar refractivity (Wildman–Crippen MR) is 88.3 cm³/mol. The van der Waals surface area contributed by atoms with Crippen molar-refractivity contribution in [2.75, 3.05) is 13.1 Å². The molecule has 2 heterocycles. The van der Waals surface area contributed by atoms with E-state index in [9.17, 15) is 0 Å². The van der Waals surface area contributed by atoms with Crippen LogP contribution in [-0.2, 0) is 13.1 Å². The molecule has 1 atom stereocenters. The van der Waals surface area contributed by atoms with Gasteiger partial charge in [0.05, 0.1) is 6.54 Å². The molecule has 0 radical (unpaired) electrons. The van der Waals surface area contributed by atoms with Crippen molar-refractivity contribution in [2.24, 2.45) is 11.8 Å². The minimum absolute atomic E-state index is 0.678. The second-order valence-corrected chi connectivity index (χ2v) is 7.24. The van der Waals surface area contributed by atoms with Crippen LogP contribution < -0.4 is 5.32 Å². The molecular weight excluding hydrogens is 260 g/mol. The monoisotopic (exact) mass is 292 g/mol. The van der Waals surface area contributed by atoms with Gasteiger partial charge in [-0.15, -0.1) is 0 Å². The van der Waals surface area contributed by atoms with Gasteiger partial charge in [-0.3, -0.25) is 4.90 Å². The zero-order chi connectivity index (χ0) is 15.4. The maximum atomic E-state index is 5.91. The average Bonchev–Trinajstić information content (AvgIpc) is 2.97. The molecule has 1 N–H and O–H groups in total. The second kappa shape index (κ2) is 7.46. The summed E-state index contributed by atoms with van der Waals surface area (Å²) in [6.45, 7) is 15.4. The van der Waals surface area contributed by atoms with E-state index in [1.54, 1.807) is 0 Å². The van der Waals surface area contributed by atoms with Crippen molar-refractivity contribution in [1.82, 2.24) is 10.2 Å². The molecule has 0 aliphatic carbocycles. The lowest BCUT2D eigenvalue weighted by Gasteiger charge is -2.27. The summed E-state index contributed by atoms with van der Waals surface area (Å²) in [6.07, 6.45) is 2.68. The third-order valence-corrected chi connectivity index (χ3v) is 4.48. The first kappa shape index (κ1) is 16.6. The van der Waals surface area contributed by atoms with Crippen LogP contribution in [0.15, 0.2) is 10.5 Å². The highest BCUT2D eigenvalue weighted by molar-refractivity contribution is 5.21. The summed E-state index contributed by atoms with van der Waals surface area (Å²) < 4.78 is 5.91. The van der Waals surface area contributed by atoms with Crippen LogP contribution in [0.2, 0.25) is 0 Å². The Morgan fingerprint density at radius 1 is 1.33 bits per heavy atom. The average molecular weight is 292 g/mol. The van der Waals surface area contributed by atoms with Crippen molar-refractivity contribution in [3.05, 3.63) is 23.2 Å². The molecule has 0 aromatic carbocycles. The predicted octanol–water partition coefficient (Wildman–Crippen LogP) is 3.95. The van der Waals surface area contributed by atoms with Gasteiger partial charge in [0.1, 0.15) is 11.5 Å². The van der Waals surface area contributed by atoms with Gasteiger partial charge in [0, 0.05) is 18.2 Å². The van der Waals surface area contributed by atoms with Gasteiger partial charge in [-0.1, -0.05) is 27.7 Å². The van der Waals surface area contributed by atoms with Crippen molar-refractivity contribution in [1.29, 1.82) is 0 Å². The molecule has 120 valence electrons.